The lowest BCUT2D eigenvalue weighted by Crippen LogP contribution is -2.35. The highest BCUT2D eigenvalue weighted by molar-refractivity contribution is 7.85. The Balaban J connectivity index is 2.41. The third-order valence-corrected chi connectivity index (χ3v) is 4.23. The molecule has 1 aromatic carbocycles. The van der Waals surface area contributed by atoms with Gasteiger partial charge in [-0.3, -0.25) is 4.28 Å². The summed E-state index contributed by atoms with van der Waals surface area (Å²) in [4.78, 5) is 12.1. The molecule has 0 amide bonds. The van der Waals surface area contributed by atoms with Crippen molar-refractivity contribution < 1.29 is 22.2 Å². The van der Waals surface area contributed by atoms with E-state index in [1.54, 1.807) is 31.2 Å². The summed E-state index contributed by atoms with van der Waals surface area (Å²) in [6.45, 7) is 1.82. The smallest absolute Gasteiger partial charge is 0.356 e. The van der Waals surface area contributed by atoms with Gasteiger partial charge in [-0.2, -0.15) is 8.42 Å². The van der Waals surface area contributed by atoms with Gasteiger partial charge in [0, 0.05) is 11.4 Å². The van der Waals surface area contributed by atoms with E-state index in [0.717, 1.165) is 11.8 Å². The van der Waals surface area contributed by atoms with Crippen LogP contribution in [0.3, 0.4) is 0 Å². The Morgan fingerprint density at radius 1 is 1.32 bits per heavy atom. The van der Waals surface area contributed by atoms with Gasteiger partial charge in [0.05, 0.1) is 23.9 Å². The highest BCUT2D eigenvalue weighted by atomic mass is 35.5. The van der Waals surface area contributed by atoms with Crippen molar-refractivity contribution in [1.82, 2.24) is 5.32 Å². The van der Waals surface area contributed by atoms with Crippen LogP contribution in [-0.4, -0.2) is 33.0 Å². The maximum atomic E-state index is 12.1. The van der Waals surface area contributed by atoms with E-state index in [9.17, 15) is 13.2 Å². The van der Waals surface area contributed by atoms with Gasteiger partial charge in [-0.25, -0.2) is 4.79 Å². The minimum atomic E-state index is -3.81. The lowest BCUT2D eigenvalue weighted by molar-refractivity contribution is -0.139. The Morgan fingerprint density at radius 3 is 2.52 bits per heavy atom. The second-order valence-corrected chi connectivity index (χ2v) is 7.55. The van der Waals surface area contributed by atoms with Crippen molar-refractivity contribution in [2.45, 2.75) is 19.4 Å². The molecule has 7 nitrogen and oxygen atoms in total. The molecular weight excluding hydrogens is 391 g/mol. The van der Waals surface area contributed by atoms with Crippen molar-refractivity contribution in [3.63, 3.8) is 0 Å². The molecule has 136 valence electrons. The summed E-state index contributed by atoms with van der Waals surface area (Å²) >= 11 is 12.1. The van der Waals surface area contributed by atoms with Crippen LogP contribution < -0.4 is 5.32 Å². The number of hydrogen-bond acceptors (Lipinski definition) is 7. The van der Waals surface area contributed by atoms with E-state index in [2.05, 4.69) is 14.8 Å². The average Bonchev–Trinajstić information content (AvgIpc) is 2.54. The molecule has 0 aromatic heterocycles. The summed E-state index contributed by atoms with van der Waals surface area (Å²) < 4.78 is 31.8. The maximum Gasteiger partial charge on any atom is 0.356 e. The molecule has 0 fully saturated rings. The summed E-state index contributed by atoms with van der Waals surface area (Å²) in [5.74, 6) is -0.668. The van der Waals surface area contributed by atoms with Crippen molar-refractivity contribution >= 4 is 45.0 Å². The number of halogens is 2. The van der Waals surface area contributed by atoms with Gasteiger partial charge in [0.15, 0.2) is 0 Å². The van der Waals surface area contributed by atoms with Crippen molar-refractivity contribution in [3.05, 3.63) is 45.6 Å². The lowest BCUT2D eigenvalue weighted by Gasteiger charge is -2.27. The first-order chi connectivity index (χ1) is 11.7. The van der Waals surface area contributed by atoms with E-state index in [1.165, 1.54) is 0 Å². The van der Waals surface area contributed by atoms with Gasteiger partial charge in [-0.1, -0.05) is 40.5 Å². The number of allylic oxidation sites excluding steroid dienone is 1. The van der Waals surface area contributed by atoms with Gasteiger partial charge in [0.25, 0.3) is 0 Å². The average molecular weight is 407 g/mol. The van der Waals surface area contributed by atoms with E-state index in [4.69, 9.17) is 27.9 Å². The summed E-state index contributed by atoms with van der Waals surface area (Å²) in [6.07, 6.45) is 1.07. The highest BCUT2D eigenvalue weighted by Gasteiger charge is 2.31. The van der Waals surface area contributed by atoms with Crippen LogP contribution in [0, 0.1) is 0 Å². The fourth-order valence-electron chi connectivity index (χ4n) is 2.15. The molecular formula is C15H16Cl2N2O5S. The van der Waals surface area contributed by atoms with Crippen LogP contribution >= 0.6 is 23.2 Å². The molecule has 0 bridgehead atoms. The third-order valence-electron chi connectivity index (χ3n) is 3.22. The van der Waals surface area contributed by atoms with Gasteiger partial charge in [0.2, 0.25) is 0 Å². The molecule has 0 spiro atoms. The molecule has 0 saturated carbocycles. The molecule has 10 heteroatoms. The summed E-state index contributed by atoms with van der Waals surface area (Å²) in [5, 5.41) is 7.10. The fourth-order valence-corrected chi connectivity index (χ4v) is 2.75. The van der Waals surface area contributed by atoms with Crippen LogP contribution in [-0.2, 0) is 23.9 Å². The monoisotopic (exact) mass is 406 g/mol. The number of carbonyl (C=O) groups excluding carboxylic acids is 1. The molecule has 2 rings (SSSR count). The predicted molar refractivity (Wildman–Crippen MR) is 94.8 cm³/mol. The molecule has 1 aliphatic rings. The van der Waals surface area contributed by atoms with Crippen LogP contribution in [0.1, 0.15) is 24.9 Å². The van der Waals surface area contributed by atoms with Crippen molar-refractivity contribution in [2.24, 2.45) is 5.16 Å². The van der Waals surface area contributed by atoms with E-state index in [-0.39, 0.29) is 35.5 Å². The number of carbonyl (C=O) groups is 1. The van der Waals surface area contributed by atoms with Crippen molar-refractivity contribution in [3.8, 4) is 0 Å². The van der Waals surface area contributed by atoms with E-state index in [1.807, 2.05) is 0 Å². The zero-order chi connectivity index (χ0) is 18.6. The van der Waals surface area contributed by atoms with Crippen LogP contribution in [0.15, 0.2) is 40.2 Å². The molecule has 1 atom stereocenters. The normalized spacial score (nSPS) is 19.5. The van der Waals surface area contributed by atoms with Crippen LogP contribution in [0.4, 0.5) is 0 Å². The first-order valence-corrected chi connectivity index (χ1v) is 9.83. The van der Waals surface area contributed by atoms with Gasteiger partial charge in [-0.05, 0) is 24.6 Å². The zero-order valence-electron chi connectivity index (χ0n) is 13.5. The molecule has 25 heavy (non-hydrogen) atoms. The molecule has 1 N–H and O–H groups in total. The number of oxime groups is 1. The molecule has 1 aliphatic heterocycles. The number of hydrogen-bond donors (Lipinski definition) is 1. The number of rotatable bonds is 5. The molecule has 1 aromatic rings. The number of ether oxygens (including phenoxy) is 1. The lowest BCUT2D eigenvalue weighted by atomic mass is 9.97. The van der Waals surface area contributed by atoms with Crippen LogP contribution in [0.25, 0.3) is 0 Å². The molecule has 1 unspecified atom stereocenters. The van der Waals surface area contributed by atoms with Gasteiger partial charge >= 0.3 is 16.1 Å². The maximum absolute atomic E-state index is 12.1. The quantitative estimate of drug-likeness (QED) is 0.596. The van der Waals surface area contributed by atoms with Gasteiger partial charge < -0.3 is 10.1 Å². The van der Waals surface area contributed by atoms with Gasteiger partial charge in [-0.15, -0.1) is 0 Å². The Hall–Kier alpha value is -1.77. The molecule has 0 radical (unpaired) electrons. The van der Waals surface area contributed by atoms with E-state index >= 15 is 0 Å². The van der Waals surface area contributed by atoms with Crippen molar-refractivity contribution in [1.29, 1.82) is 0 Å². The third kappa shape index (κ3) is 5.35. The number of esters is 1. The first kappa shape index (κ1) is 19.6. The van der Waals surface area contributed by atoms with Crippen LogP contribution in [0.5, 0.6) is 0 Å². The Labute approximate surface area is 155 Å². The molecule has 1 heterocycles. The second-order valence-electron chi connectivity index (χ2n) is 5.18. The molecule has 0 aliphatic carbocycles. The summed E-state index contributed by atoms with van der Waals surface area (Å²) in [7, 11) is -3.81. The number of benzene rings is 1. The second kappa shape index (κ2) is 8.07. The summed E-state index contributed by atoms with van der Waals surface area (Å²) in [5.41, 5.74) is 0.918. The number of nitrogens with zero attached hydrogens (tertiary/aromatic N) is 1. The predicted octanol–water partition coefficient (Wildman–Crippen LogP) is 2.72. The van der Waals surface area contributed by atoms with Crippen molar-refractivity contribution in [2.75, 3.05) is 12.9 Å². The number of nitrogens with one attached hydrogen (secondary N) is 1. The highest BCUT2D eigenvalue weighted by Crippen LogP contribution is 2.30. The largest absolute Gasteiger partial charge is 0.461 e. The Bertz CT molecular complexity index is 819. The minimum Gasteiger partial charge on any atom is -0.461 e. The van der Waals surface area contributed by atoms with E-state index in [0.29, 0.717) is 5.02 Å². The minimum absolute atomic E-state index is 0.00873. The Kier molecular flexibility index (Phi) is 6.31. The van der Waals surface area contributed by atoms with Crippen LogP contribution in [0.2, 0.25) is 5.02 Å². The first-order valence-electron chi connectivity index (χ1n) is 7.26. The Morgan fingerprint density at radius 2 is 1.96 bits per heavy atom. The molecule has 0 saturated heterocycles. The SMILES string of the molecule is CCOC(=O)C1=C(Cl)/C(=N/OS(C)(=O)=O)CC(c2ccc(Cl)cc2)N1. The standard InChI is InChI=1S/C15H16Cl2N2O5S/c1-3-23-15(20)14-13(17)12(19-24-25(2,21)22)8-11(18-14)9-4-6-10(16)7-5-9/h4-7,11,18H,3,8H2,1-2H3/b19-12+. The van der Waals surface area contributed by atoms with Gasteiger partial charge in [0.1, 0.15) is 11.4 Å². The summed E-state index contributed by atoms with van der Waals surface area (Å²) in [6, 6.07) is 6.56. The fraction of sp³-hybridized carbons (Fsp3) is 0.333. The van der Waals surface area contributed by atoms with E-state index < -0.39 is 16.1 Å². The topological polar surface area (TPSA) is 94.1 Å². The zero-order valence-corrected chi connectivity index (χ0v) is 15.8.